The van der Waals surface area contributed by atoms with Gasteiger partial charge in [-0.3, -0.25) is 9.78 Å². The van der Waals surface area contributed by atoms with Gasteiger partial charge in [-0.05, 0) is 37.4 Å². The van der Waals surface area contributed by atoms with E-state index in [1.54, 1.807) is 12.4 Å². The van der Waals surface area contributed by atoms with E-state index in [1.807, 2.05) is 13.8 Å². The van der Waals surface area contributed by atoms with Crippen LogP contribution in [0.25, 0.3) is 0 Å². The maximum Gasteiger partial charge on any atom is 0.139 e. The fourth-order valence-corrected chi connectivity index (χ4v) is 2.20. The van der Waals surface area contributed by atoms with E-state index < -0.39 is 0 Å². The Hall–Kier alpha value is -0.220. The third kappa shape index (κ3) is 2.89. The smallest absolute Gasteiger partial charge is 0.139 e. The Balaban J connectivity index is 2.91. The Morgan fingerprint density at radius 3 is 2.29 bits per heavy atom. The first-order valence-corrected chi connectivity index (χ1v) is 5.91. The van der Waals surface area contributed by atoms with Crippen LogP contribution in [0.3, 0.4) is 0 Å². The lowest BCUT2D eigenvalue weighted by atomic mass is 10.0. The number of rotatable bonds is 3. The van der Waals surface area contributed by atoms with E-state index in [2.05, 4.69) is 36.8 Å². The van der Waals surface area contributed by atoms with Crippen LogP contribution in [-0.2, 0) is 11.2 Å². The summed E-state index contributed by atoms with van der Waals surface area (Å²) in [7, 11) is 0. The van der Waals surface area contributed by atoms with Crippen molar-refractivity contribution >= 4 is 37.6 Å². The second-order valence-electron chi connectivity index (χ2n) is 3.38. The second kappa shape index (κ2) is 5.03. The van der Waals surface area contributed by atoms with Crippen LogP contribution in [0.2, 0.25) is 0 Å². The molecule has 0 fully saturated rings. The highest BCUT2D eigenvalue weighted by Gasteiger charge is 2.13. The molecule has 0 aliphatic rings. The average molecular weight is 321 g/mol. The molecule has 1 rings (SSSR count). The number of Topliss-reactive ketones (excluding diaryl/α,β-unsaturated/α-hetero) is 1. The summed E-state index contributed by atoms with van der Waals surface area (Å²) in [5.41, 5.74) is 0.971. The molecule has 0 spiro atoms. The summed E-state index contributed by atoms with van der Waals surface area (Å²) in [4.78, 5) is 15.5. The van der Waals surface area contributed by atoms with Crippen LogP contribution < -0.4 is 0 Å². The molecule has 1 aromatic rings. The third-order valence-electron chi connectivity index (χ3n) is 1.95. The van der Waals surface area contributed by atoms with Crippen LogP contribution in [0.4, 0.5) is 0 Å². The van der Waals surface area contributed by atoms with Crippen LogP contribution in [0.5, 0.6) is 0 Å². The third-order valence-corrected chi connectivity index (χ3v) is 3.31. The van der Waals surface area contributed by atoms with Gasteiger partial charge in [-0.2, -0.15) is 0 Å². The zero-order chi connectivity index (χ0) is 10.7. The molecule has 0 saturated carbocycles. The Morgan fingerprint density at radius 2 is 1.86 bits per heavy atom. The van der Waals surface area contributed by atoms with Gasteiger partial charge >= 0.3 is 0 Å². The van der Waals surface area contributed by atoms with Gasteiger partial charge in [0.1, 0.15) is 5.78 Å². The number of halogens is 2. The fourth-order valence-electron chi connectivity index (χ4n) is 0.985. The Bertz CT molecular complexity index is 330. The second-order valence-corrected chi connectivity index (χ2v) is 5.09. The quantitative estimate of drug-likeness (QED) is 0.854. The summed E-state index contributed by atoms with van der Waals surface area (Å²) in [6, 6.07) is 0. The van der Waals surface area contributed by atoms with Crippen molar-refractivity contribution in [2.75, 3.05) is 0 Å². The van der Waals surface area contributed by atoms with E-state index in [-0.39, 0.29) is 11.7 Å². The lowest BCUT2D eigenvalue weighted by molar-refractivity contribution is -0.121. The molecule has 0 saturated heterocycles. The highest BCUT2D eigenvalue weighted by Crippen LogP contribution is 2.25. The summed E-state index contributed by atoms with van der Waals surface area (Å²) >= 11 is 6.76. The molecule has 0 aromatic carbocycles. The summed E-state index contributed by atoms with van der Waals surface area (Å²) in [6.45, 7) is 3.82. The fraction of sp³-hybridized carbons (Fsp3) is 0.400. The van der Waals surface area contributed by atoms with Crippen molar-refractivity contribution < 1.29 is 4.79 Å². The number of ketones is 1. The molecule has 0 bridgehead atoms. The van der Waals surface area contributed by atoms with Crippen LogP contribution in [0, 0.1) is 5.92 Å². The lowest BCUT2D eigenvalue weighted by Gasteiger charge is -2.07. The lowest BCUT2D eigenvalue weighted by Crippen LogP contribution is -2.11. The van der Waals surface area contributed by atoms with Crippen molar-refractivity contribution in [3.63, 3.8) is 0 Å². The number of hydrogen-bond donors (Lipinski definition) is 0. The highest BCUT2D eigenvalue weighted by atomic mass is 79.9. The zero-order valence-electron chi connectivity index (χ0n) is 8.05. The molecule has 0 aliphatic heterocycles. The van der Waals surface area contributed by atoms with Crippen LogP contribution >= 0.6 is 31.9 Å². The van der Waals surface area contributed by atoms with Crippen molar-refractivity contribution in [1.82, 2.24) is 4.98 Å². The normalized spacial score (nSPS) is 10.6. The Labute approximate surface area is 100 Å². The number of aromatic nitrogens is 1. The molecule has 0 atom stereocenters. The predicted octanol–water partition coefficient (Wildman–Crippen LogP) is 3.37. The van der Waals surface area contributed by atoms with Gasteiger partial charge in [-0.15, -0.1) is 0 Å². The van der Waals surface area contributed by atoms with E-state index in [9.17, 15) is 4.79 Å². The molecule has 4 heteroatoms. The molecular formula is C10H11Br2NO. The first-order chi connectivity index (χ1) is 6.52. The zero-order valence-corrected chi connectivity index (χ0v) is 11.2. The molecule has 14 heavy (non-hydrogen) atoms. The molecule has 0 N–H and O–H groups in total. The summed E-state index contributed by atoms with van der Waals surface area (Å²) in [5.74, 6) is 0.305. The van der Waals surface area contributed by atoms with Crippen molar-refractivity contribution in [2.24, 2.45) is 5.92 Å². The SMILES string of the molecule is CC(C)C(=O)Cc1c(Br)cncc1Br. The summed E-state index contributed by atoms with van der Waals surface area (Å²) < 4.78 is 1.75. The van der Waals surface area contributed by atoms with E-state index in [0.717, 1.165) is 14.5 Å². The monoisotopic (exact) mass is 319 g/mol. The van der Waals surface area contributed by atoms with Gasteiger partial charge in [-0.1, -0.05) is 13.8 Å². The standard InChI is InChI=1S/C10H11Br2NO/c1-6(2)10(14)3-7-8(11)4-13-5-9(7)12/h4-6H,3H2,1-2H3. The molecule has 1 heterocycles. The minimum Gasteiger partial charge on any atom is -0.299 e. The van der Waals surface area contributed by atoms with Gasteiger partial charge in [0, 0.05) is 33.7 Å². The molecule has 0 unspecified atom stereocenters. The molecule has 0 radical (unpaired) electrons. The minimum absolute atomic E-state index is 0.0713. The molecule has 2 nitrogen and oxygen atoms in total. The number of hydrogen-bond acceptors (Lipinski definition) is 2. The van der Waals surface area contributed by atoms with Crippen molar-refractivity contribution in [2.45, 2.75) is 20.3 Å². The van der Waals surface area contributed by atoms with Crippen LogP contribution in [0.15, 0.2) is 21.3 Å². The molecule has 0 amide bonds. The maximum atomic E-state index is 11.6. The molecule has 76 valence electrons. The van der Waals surface area contributed by atoms with Gasteiger partial charge < -0.3 is 0 Å². The van der Waals surface area contributed by atoms with E-state index in [1.165, 1.54) is 0 Å². The van der Waals surface area contributed by atoms with Crippen molar-refractivity contribution in [3.05, 3.63) is 26.9 Å². The van der Waals surface area contributed by atoms with E-state index in [4.69, 9.17) is 0 Å². The minimum atomic E-state index is 0.0713. The van der Waals surface area contributed by atoms with E-state index in [0.29, 0.717) is 6.42 Å². The van der Waals surface area contributed by atoms with Crippen LogP contribution in [0.1, 0.15) is 19.4 Å². The van der Waals surface area contributed by atoms with Gasteiger partial charge in [0.2, 0.25) is 0 Å². The number of carbonyl (C=O) groups excluding carboxylic acids is 1. The number of carbonyl (C=O) groups is 1. The highest BCUT2D eigenvalue weighted by molar-refractivity contribution is 9.11. The molecule has 1 aromatic heterocycles. The summed E-state index contributed by atoms with van der Waals surface area (Å²) in [6.07, 6.45) is 3.85. The van der Waals surface area contributed by atoms with E-state index >= 15 is 0 Å². The van der Waals surface area contributed by atoms with Gasteiger partial charge in [0.25, 0.3) is 0 Å². The van der Waals surface area contributed by atoms with Crippen molar-refractivity contribution in [1.29, 1.82) is 0 Å². The Kier molecular flexibility index (Phi) is 4.26. The first kappa shape index (κ1) is 11.9. The maximum absolute atomic E-state index is 11.6. The van der Waals surface area contributed by atoms with Crippen LogP contribution in [-0.4, -0.2) is 10.8 Å². The summed E-state index contributed by atoms with van der Waals surface area (Å²) in [5, 5.41) is 0. The molecule has 0 aliphatic carbocycles. The first-order valence-electron chi connectivity index (χ1n) is 4.33. The number of nitrogens with zero attached hydrogens (tertiary/aromatic N) is 1. The number of pyridine rings is 1. The predicted molar refractivity (Wildman–Crippen MR) is 63.2 cm³/mol. The topological polar surface area (TPSA) is 30.0 Å². The largest absolute Gasteiger partial charge is 0.299 e. The van der Waals surface area contributed by atoms with Gasteiger partial charge in [-0.25, -0.2) is 0 Å². The van der Waals surface area contributed by atoms with Crippen molar-refractivity contribution in [3.8, 4) is 0 Å². The van der Waals surface area contributed by atoms with Gasteiger partial charge in [0.05, 0.1) is 0 Å². The van der Waals surface area contributed by atoms with Gasteiger partial charge in [0.15, 0.2) is 0 Å². The Morgan fingerprint density at radius 1 is 1.36 bits per heavy atom. The molecular weight excluding hydrogens is 310 g/mol. The average Bonchev–Trinajstić information content (AvgIpc) is 2.11.